The van der Waals surface area contributed by atoms with Crippen molar-refractivity contribution in [3.05, 3.63) is 59.9 Å². The van der Waals surface area contributed by atoms with Gasteiger partial charge in [0.2, 0.25) is 11.8 Å². The summed E-state index contributed by atoms with van der Waals surface area (Å²) in [6.45, 7) is 1.44. The Kier molecular flexibility index (Phi) is 7.16. The molecular formula is C29H34FN3O2. The van der Waals surface area contributed by atoms with Gasteiger partial charge in [-0.2, -0.15) is 0 Å². The summed E-state index contributed by atoms with van der Waals surface area (Å²) in [7, 11) is 0. The first-order chi connectivity index (χ1) is 17.1. The van der Waals surface area contributed by atoms with E-state index in [1.54, 1.807) is 12.1 Å². The Morgan fingerprint density at radius 2 is 1.71 bits per heavy atom. The Balaban J connectivity index is 1.19. The van der Waals surface area contributed by atoms with E-state index < -0.39 is 0 Å². The molecule has 1 saturated heterocycles. The topological polar surface area (TPSA) is 65.2 Å². The number of fused-ring (bicyclic) bond motifs is 1. The number of aromatic amines is 1. The molecule has 3 aromatic rings. The molecule has 0 unspecified atom stereocenters. The summed E-state index contributed by atoms with van der Waals surface area (Å²) in [6.07, 6.45) is 8.10. The number of amides is 2. The Bertz CT molecular complexity index is 1180. The van der Waals surface area contributed by atoms with Crippen molar-refractivity contribution in [2.75, 3.05) is 13.1 Å². The van der Waals surface area contributed by atoms with Crippen LogP contribution >= 0.6 is 0 Å². The van der Waals surface area contributed by atoms with Crippen LogP contribution in [0.4, 0.5) is 4.39 Å². The molecule has 5 nitrogen and oxygen atoms in total. The van der Waals surface area contributed by atoms with Crippen LogP contribution in [0.3, 0.4) is 0 Å². The molecule has 0 bridgehead atoms. The zero-order valence-electron chi connectivity index (χ0n) is 20.2. The van der Waals surface area contributed by atoms with Gasteiger partial charge in [0, 0.05) is 48.1 Å². The number of aromatic nitrogens is 1. The van der Waals surface area contributed by atoms with E-state index in [4.69, 9.17) is 0 Å². The maximum Gasteiger partial charge on any atom is 0.225 e. The standard InChI is InChI=1S/C29H34FN3O2/c30-22-11-13-26-25(19-22)24(28(32-26)20-7-3-1-4-8-20)12-14-27(34)31-23-15-17-33(18-16-23)29(35)21-9-5-2-6-10-21/h1,3-4,7-8,11,13,19,21,23,32H,2,5-6,9-10,12,14-18H2,(H,31,34). The Morgan fingerprint density at radius 3 is 2.46 bits per heavy atom. The molecule has 35 heavy (non-hydrogen) atoms. The molecule has 1 aliphatic carbocycles. The summed E-state index contributed by atoms with van der Waals surface area (Å²) >= 11 is 0. The van der Waals surface area contributed by atoms with Crippen molar-refractivity contribution in [1.29, 1.82) is 0 Å². The molecule has 0 atom stereocenters. The number of halogens is 1. The number of H-pyrrole nitrogens is 1. The SMILES string of the molecule is O=C(CCc1c(-c2ccccc2)[nH]c2ccc(F)cc12)NC1CCN(C(=O)C2CCCCC2)CC1. The molecule has 2 N–H and O–H groups in total. The predicted molar refractivity (Wildman–Crippen MR) is 136 cm³/mol. The minimum Gasteiger partial charge on any atom is -0.354 e. The molecule has 2 aliphatic rings. The average Bonchev–Trinajstić information content (AvgIpc) is 3.26. The quantitative estimate of drug-likeness (QED) is 0.488. The second-order valence-electron chi connectivity index (χ2n) is 10.0. The van der Waals surface area contributed by atoms with E-state index in [0.717, 1.165) is 79.3 Å². The fourth-order valence-electron chi connectivity index (χ4n) is 5.72. The summed E-state index contributed by atoms with van der Waals surface area (Å²) < 4.78 is 14.0. The van der Waals surface area contributed by atoms with Gasteiger partial charge in [-0.15, -0.1) is 0 Å². The average molecular weight is 476 g/mol. The highest BCUT2D eigenvalue weighted by Crippen LogP contribution is 2.32. The molecule has 2 fully saturated rings. The number of likely N-dealkylation sites (tertiary alicyclic amines) is 1. The molecule has 6 heteroatoms. The second-order valence-corrected chi connectivity index (χ2v) is 10.0. The molecule has 0 radical (unpaired) electrons. The van der Waals surface area contributed by atoms with Gasteiger partial charge in [-0.3, -0.25) is 9.59 Å². The molecule has 1 saturated carbocycles. The monoisotopic (exact) mass is 475 g/mol. The lowest BCUT2D eigenvalue weighted by atomic mass is 9.87. The van der Waals surface area contributed by atoms with Gasteiger partial charge in [-0.1, -0.05) is 49.6 Å². The largest absolute Gasteiger partial charge is 0.354 e. The van der Waals surface area contributed by atoms with E-state index >= 15 is 0 Å². The number of nitrogens with one attached hydrogen (secondary N) is 2. The number of aryl methyl sites for hydroxylation is 1. The highest BCUT2D eigenvalue weighted by Gasteiger charge is 2.29. The van der Waals surface area contributed by atoms with Gasteiger partial charge in [-0.25, -0.2) is 4.39 Å². The van der Waals surface area contributed by atoms with Gasteiger partial charge >= 0.3 is 0 Å². The fraction of sp³-hybridized carbons (Fsp3) is 0.448. The normalized spacial score (nSPS) is 17.6. The molecule has 0 spiro atoms. The number of carbonyl (C=O) groups excluding carboxylic acids is 2. The lowest BCUT2D eigenvalue weighted by Crippen LogP contribution is -2.48. The van der Waals surface area contributed by atoms with Crippen LogP contribution < -0.4 is 5.32 Å². The van der Waals surface area contributed by atoms with Crippen LogP contribution in [0, 0.1) is 11.7 Å². The molecular weight excluding hydrogens is 441 g/mol. The maximum absolute atomic E-state index is 14.0. The van der Waals surface area contributed by atoms with Crippen molar-refractivity contribution in [1.82, 2.24) is 15.2 Å². The molecule has 1 aromatic heterocycles. The number of nitrogens with zero attached hydrogens (tertiary/aromatic N) is 1. The minimum atomic E-state index is -0.281. The van der Waals surface area contributed by atoms with Gasteiger partial charge < -0.3 is 15.2 Å². The van der Waals surface area contributed by atoms with Crippen LogP contribution in [0.25, 0.3) is 22.2 Å². The first kappa shape index (κ1) is 23.6. The number of hydrogen-bond acceptors (Lipinski definition) is 2. The van der Waals surface area contributed by atoms with E-state index in [0.29, 0.717) is 18.7 Å². The summed E-state index contributed by atoms with van der Waals surface area (Å²) in [6, 6.07) is 14.8. The van der Waals surface area contributed by atoms with E-state index in [9.17, 15) is 14.0 Å². The van der Waals surface area contributed by atoms with Crippen molar-refractivity contribution >= 4 is 22.7 Å². The third kappa shape index (κ3) is 5.42. The van der Waals surface area contributed by atoms with Crippen molar-refractivity contribution in [2.24, 2.45) is 5.92 Å². The third-order valence-corrected chi connectivity index (χ3v) is 7.66. The molecule has 5 rings (SSSR count). The zero-order valence-corrected chi connectivity index (χ0v) is 20.2. The zero-order chi connectivity index (χ0) is 24.2. The molecule has 2 amide bonds. The van der Waals surface area contributed by atoms with E-state index in [2.05, 4.69) is 10.3 Å². The van der Waals surface area contributed by atoms with Crippen LogP contribution in [0.5, 0.6) is 0 Å². The smallest absolute Gasteiger partial charge is 0.225 e. The first-order valence-electron chi connectivity index (χ1n) is 13.0. The molecule has 2 heterocycles. The van der Waals surface area contributed by atoms with E-state index in [1.165, 1.54) is 12.5 Å². The lowest BCUT2D eigenvalue weighted by molar-refractivity contribution is -0.137. The van der Waals surface area contributed by atoms with Gasteiger partial charge in [0.05, 0.1) is 0 Å². The van der Waals surface area contributed by atoms with E-state index in [-0.39, 0.29) is 23.7 Å². The number of carbonyl (C=O) groups is 2. The van der Waals surface area contributed by atoms with Gasteiger partial charge in [-0.05, 0) is 61.4 Å². The molecule has 184 valence electrons. The van der Waals surface area contributed by atoms with Crippen molar-refractivity contribution in [3.63, 3.8) is 0 Å². The Morgan fingerprint density at radius 1 is 0.971 bits per heavy atom. The predicted octanol–water partition coefficient (Wildman–Crippen LogP) is 5.59. The van der Waals surface area contributed by atoms with Crippen molar-refractivity contribution in [3.8, 4) is 11.3 Å². The first-order valence-corrected chi connectivity index (χ1v) is 13.0. The summed E-state index contributed by atoms with van der Waals surface area (Å²) in [5.41, 5.74) is 3.80. The highest BCUT2D eigenvalue weighted by molar-refractivity contribution is 5.91. The van der Waals surface area contributed by atoms with Crippen molar-refractivity contribution in [2.45, 2.75) is 63.8 Å². The molecule has 2 aromatic carbocycles. The maximum atomic E-state index is 14.0. The van der Waals surface area contributed by atoms with Crippen LogP contribution in [-0.4, -0.2) is 40.8 Å². The van der Waals surface area contributed by atoms with Crippen LogP contribution in [0.2, 0.25) is 0 Å². The molecule has 1 aliphatic heterocycles. The lowest BCUT2D eigenvalue weighted by Gasteiger charge is -2.35. The number of benzene rings is 2. The fourth-order valence-corrected chi connectivity index (χ4v) is 5.72. The Labute approximate surface area is 206 Å². The van der Waals surface area contributed by atoms with Gasteiger partial charge in [0.1, 0.15) is 5.82 Å². The Hall–Kier alpha value is -3.15. The van der Waals surface area contributed by atoms with Crippen LogP contribution in [-0.2, 0) is 16.0 Å². The van der Waals surface area contributed by atoms with Gasteiger partial charge in [0.15, 0.2) is 0 Å². The number of hydrogen-bond donors (Lipinski definition) is 2. The third-order valence-electron chi connectivity index (χ3n) is 7.66. The van der Waals surface area contributed by atoms with E-state index in [1.807, 2.05) is 35.2 Å². The minimum absolute atomic E-state index is 0.00632. The van der Waals surface area contributed by atoms with Crippen LogP contribution in [0.15, 0.2) is 48.5 Å². The number of rotatable bonds is 6. The summed E-state index contributed by atoms with van der Waals surface area (Å²) in [5.74, 6) is 0.243. The van der Waals surface area contributed by atoms with Crippen LogP contribution in [0.1, 0.15) is 56.9 Å². The number of piperidine rings is 1. The van der Waals surface area contributed by atoms with Crippen molar-refractivity contribution < 1.29 is 14.0 Å². The highest BCUT2D eigenvalue weighted by atomic mass is 19.1. The van der Waals surface area contributed by atoms with Gasteiger partial charge in [0.25, 0.3) is 0 Å². The summed E-state index contributed by atoms with van der Waals surface area (Å²) in [5, 5.41) is 4.00. The second kappa shape index (κ2) is 10.6. The summed E-state index contributed by atoms with van der Waals surface area (Å²) in [4.78, 5) is 31.1.